The number of hydrogen-bond donors (Lipinski definition) is 1. The summed E-state index contributed by atoms with van der Waals surface area (Å²) < 4.78 is 16.7. The fourth-order valence-electron chi connectivity index (χ4n) is 4.70. The minimum atomic E-state index is -1.36. The summed E-state index contributed by atoms with van der Waals surface area (Å²) in [6, 6.07) is 15.0. The first-order chi connectivity index (χ1) is 17.9. The second-order valence-corrected chi connectivity index (χ2v) is 10.2. The van der Waals surface area contributed by atoms with Gasteiger partial charge in [0.05, 0.1) is 39.3 Å². The van der Waals surface area contributed by atoms with Crippen molar-refractivity contribution in [1.29, 1.82) is 0 Å². The number of benzene rings is 1. The van der Waals surface area contributed by atoms with Crippen LogP contribution in [0.25, 0.3) is 15.7 Å². The molecule has 1 aromatic carbocycles. The van der Waals surface area contributed by atoms with Crippen LogP contribution in [0, 0.1) is 13.5 Å². The predicted molar refractivity (Wildman–Crippen MR) is 146 cm³/mol. The lowest BCUT2D eigenvalue weighted by Gasteiger charge is -2.37. The highest BCUT2D eigenvalue weighted by molar-refractivity contribution is 7.12. The smallest absolute Gasteiger partial charge is 0.217 e. The second kappa shape index (κ2) is 11.2. The van der Waals surface area contributed by atoms with E-state index >= 15 is 0 Å². The van der Waals surface area contributed by atoms with Gasteiger partial charge in [0.15, 0.2) is 5.69 Å². The van der Waals surface area contributed by atoms with E-state index in [1.54, 1.807) is 50.9 Å². The zero-order valence-corrected chi connectivity index (χ0v) is 22.6. The molecule has 0 aliphatic carbocycles. The summed E-state index contributed by atoms with van der Waals surface area (Å²) in [5.41, 5.74) is 1.26. The Bertz CT molecular complexity index is 1420. The molecule has 0 aliphatic rings. The Kier molecular flexibility index (Phi) is 7.96. The van der Waals surface area contributed by atoms with Gasteiger partial charge in [0, 0.05) is 27.5 Å². The Morgan fingerprint density at radius 1 is 1.00 bits per heavy atom. The third-order valence-corrected chi connectivity index (χ3v) is 7.62. The van der Waals surface area contributed by atoms with Crippen molar-refractivity contribution in [2.45, 2.75) is 44.6 Å². The third-order valence-electron chi connectivity index (χ3n) is 6.56. The van der Waals surface area contributed by atoms with E-state index < -0.39 is 11.5 Å². The van der Waals surface area contributed by atoms with E-state index in [0.717, 1.165) is 39.1 Å². The molecule has 0 saturated heterocycles. The number of methoxy groups -OCH3 is 3. The van der Waals surface area contributed by atoms with Gasteiger partial charge in [0.25, 0.3) is 0 Å². The molecule has 0 radical (unpaired) electrons. The van der Waals surface area contributed by atoms with E-state index in [4.69, 9.17) is 25.8 Å². The number of aliphatic hydroxyl groups is 1. The van der Waals surface area contributed by atoms with Gasteiger partial charge in [-0.3, -0.25) is 0 Å². The van der Waals surface area contributed by atoms with E-state index in [0.29, 0.717) is 35.3 Å². The molecule has 0 amide bonds. The number of fused-ring (bicyclic) bond motifs is 1. The predicted octanol–water partition coefficient (Wildman–Crippen LogP) is 6.79. The lowest BCUT2D eigenvalue weighted by Crippen LogP contribution is -2.34. The van der Waals surface area contributed by atoms with Crippen molar-refractivity contribution in [2.24, 2.45) is 0 Å². The SMILES string of the molecule is [C-]#[N+]c1ccc2nc(OC)c(C(c3ccc(C)s3)C(O)(CCCC)c3cc(OC)nc(OC)c3)cc2c1. The minimum Gasteiger partial charge on any atom is -0.481 e. The Morgan fingerprint density at radius 2 is 1.73 bits per heavy atom. The molecule has 0 bridgehead atoms. The van der Waals surface area contributed by atoms with Crippen LogP contribution in [-0.4, -0.2) is 36.4 Å². The summed E-state index contributed by atoms with van der Waals surface area (Å²) in [5, 5.41) is 13.6. The molecule has 2 atom stereocenters. The fourth-order valence-corrected chi connectivity index (χ4v) is 5.78. The Balaban J connectivity index is 2.05. The summed E-state index contributed by atoms with van der Waals surface area (Å²) in [4.78, 5) is 14.8. The first-order valence-electron chi connectivity index (χ1n) is 12.1. The van der Waals surface area contributed by atoms with Crippen LogP contribution >= 0.6 is 11.3 Å². The number of rotatable bonds is 10. The highest BCUT2D eigenvalue weighted by Gasteiger charge is 2.43. The molecule has 2 unspecified atom stereocenters. The maximum Gasteiger partial charge on any atom is 0.217 e. The summed E-state index contributed by atoms with van der Waals surface area (Å²) in [6.07, 6.45) is 2.17. The van der Waals surface area contributed by atoms with E-state index in [-0.39, 0.29) is 0 Å². The van der Waals surface area contributed by atoms with Gasteiger partial charge in [-0.1, -0.05) is 25.8 Å². The van der Waals surface area contributed by atoms with Crippen LogP contribution in [0.4, 0.5) is 5.69 Å². The highest BCUT2D eigenvalue weighted by atomic mass is 32.1. The third kappa shape index (κ3) is 5.24. The standard InChI is InChI=1S/C29H31N3O4S/c1-7-8-13-29(33,20-16-25(34-4)32-26(17-20)35-5)27(24-12-9-18(2)37-24)22-15-19-14-21(30-3)10-11-23(19)31-28(22)36-6/h9-12,14-17,27,33H,7-8,13H2,1-2,4-6H3. The topological polar surface area (TPSA) is 78.1 Å². The molecule has 3 heterocycles. The molecule has 192 valence electrons. The van der Waals surface area contributed by atoms with Crippen molar-refractivity contribution in [2.75, 3.05) is 21.3 Å². The molecule has 3 aromatic heterocycles. The average molecular weight is 518 g/mol. The number of nitrogens with zero attached hydrogens (tertiary/aromatic N) is 3. The van der Waals surface area contributed by atoms with Gasteiger partial charge in [0.2, 0.25) is 17.6 Å². The molecule has 0 fully saturated rings. The molecule has 4 aromatic rings. The van der Waals surface area contributed by atoms with Crippen molar-refractivity contribution in [3.05, 3.63) is 80.8 Å². The second-order valence-electron chi connectivity index (χ2n) is 8.93. The minimum absolute atomic E-state index is 0.357. The maximum absolute atomic E-state index is 12.8. The van der Waals surface area contributed by atoms with E-state index in [9.17, 15) is 5.11 Å². The number of aromatic nitrogens is 2. The molecular weight excluding hydrogens is 486 g/mol. The Morgan fingerprint density at radius 3 is 2.30 bits per heavy atom. The van der Waals surface area contributed by atoms with Crippen LogP contribution in [0.2, 0.25) is 0 Å². The molecule has 8 heteroatoms. The number of aryl methyl sites for hydroxylation is 1. The van der Waals surface area contributed by atoms with Crippen LogP contribution in [0.5, 0.6) is 17.6 Å². The number of thiophene rings is 1. The number of ether oxygens (including phenoxy) is 3. The maximum atomic E-state index is 12.8. The van der Waals surface area contributed by atoms with Crippen LogP contribution in [0.3, 0.4) is 0 Å². The van der Waals surface area contributed by atoms with E-state index in [2.05, 4.69) is 28.9 Å². The Hall–Kier alpha value is -3.67. The summed E-state index contributed by atoms with van der Waals surface area (Å²) >= 11 is 1.63. The average Bonchev–Trinajstić information content (AvgIpc) is 3.35. The molecule has 1 N–H and O–H groups in total. The molecule has 0 spiro atoms. The van der Waals surface area contributed by atoms with E-state index in [1.807, 2.05) is 25.1 Å². The molecule has 4 rings (SSSR count). The quantitative estimate of drug-likeness (QED) is 0.234. The first kappa shape index (κ1) is 26.4. The Labute approximate surface area is 221 Å². The normalized spacial score (nSPS) is 13.5. The first-order valence-corrected chi connectivity index (χ1v) is 12.9. The van der Waals surface area contributed by atoms with Crippen LogP contribution in [-0.2, 0) is 5.60 Å². The van der Waals surface area contributed by atoms with Gasteiger partial charge >= 0.3 is 0 Å². The summed E-state index contributed by atoms with van der Waals surface area (Å²) in [6.45, 7) is 11.6. The monoisotopic (exact) mass is 517 g/mol. The molecular formula is C29H31N3O4S. The fraction of sp³-hybridized carbons (Fsp3) is 0.345. The van der Waals surface area contributed by atoms with Gasteiger partial charge in [-0.15, -0.1) is 11.3 Å². The number of unbranched alkanes of at least 4 members (excludes halogenated alkanes) is 1. The van der Waals surface area contributed by atoms with Gasteiger partial charge in [-0.05, 0) is 54.6 Å². The van der Waals surface area contributed by atoms with Crippen molar-refractivity contribution in [3.63, 3.8) is 0 Å². The van der Waals surface area contributed by atoms with Crippen LogP contribution < -0.4 is 14.2 Å². The molecule has 0 saturated carbocycles. The van der Waals surface area contributed by atoms with Crippen LogP contribution in [0.15, 0.2) is 48.5 Å². The zero-order chi connectivity index (χ0) is 26.6. The van der Waals surface area contributed by atoms with Gasteiger partial charge in [0.1, 0.15) is 5.60 Å². The zero-order valence-electron chi connectivity index (χ0n) is 21.7. The molecule has 7 nitrogen and oxygen atoms in total. The summed E-state index contributed by atoms with van der Waals surface area (Å²) in [5.74, 6) is 0.631. The number of pyridine rings is 2. The molecule has 0 aliphatic heterocycles. The van der Waals surface area contributed by atoms with Gasteiger partial charge in [-0.25, -0.2) is 9.83 Å². The van der Waals surface area contributed by atoms with Gasteiger partial charge in [-0.2, -0.15) is 4.98 Å². The molecule has 37 heavy (non-hydrogen) atoms. The van der Waals surface area contributed by atoms with Crippen molar-refractivity contribution >= 4 is 27.9 Å². The lowest BCUT2D eigenvalue weighted by atomic mass is 9.73. The lowest BCUT2D eigenvalue weighted by molar-refractivity contribution is 0.00788. The van der Waals surface area contributed by atoms with Crippen molar-refractivity contribution in [1.82, 2.24) is 9.97 Å². The van der Waals surface area contributed by atoms with Gasteiger partial charge < -0.3 is 19.3 Å². The van der Waals surface area contributed by atoms with E-state index in [1.165, 1.54) is 0 Å². The largest absolute Gasteiger partial charge is 0.481 e. The highest BCUT2D eigenvalue weighted by Crippen LogP contribution is 2.50. The number of hydrogen-bond acceptors (Lipinski definition) is 7. The van der Waals surface area contributed by atoms with Crippen molar-refractivity contribution < 1.29 is 19.3 Å². The van der Waals surface area contributed by atoms with Crippen LogP contribution in [0.1, 0.15) is 53.0 Å². The van der Waals surface area contributed by atoms with Crippen molar-refractivity contribution in [3.8, 4) is 17.6 Å². The summed E-state index contributed by atoms with van der Waals surface area (Å²) in [7, 11) is 4.68.